The number of nitrogens with two attached hydrogens (primary N) is 1. The summed E-state index contributed by atoms with van der Waals surface area (Å²) in [6.45, 7) is 5.61. The number of carbonyl (C=O) groups excluding carboxylic acids is 1. The summed E-state index contributed by atoms with van der Waals surface area (Å²) in [6.07, 6.45) is 2.41. The molecule has 1 fully saturated rings. The van der Waals surface area contributed by atoms with Gasteiger partial charge in [0.1, 0.15) is 0 Å². The van der Waals surface area contributed by atoms with Crippen LogP contribution in [0.3, 0.4) is 0 Å². The van der Waals surface area contributed by atoms with Gasteiger partial charge in [0.2, 0.25) is 0 Å². The van der Waals surface area contributed by atoms with Crippen LogP contribution in [0.5, 0.6) is 0 Å². The number of urea groups is 1. The molecule has 1 rings (SSSR count). The fourth-order valence-corrected chi connectivity index (χ4v) is 1.77. The molecule has 2 amide bonds. The molecule has 0 radical (unpaired) electrons. The number of carbonyl (C=O) groups is 1. The Balaban J connectivity index is 2.31. The summed E-state index contributed by atoms with van der Waals surface area (Å²) >= 11 is 0. The predicted molar refractivity (Wildman–Crippen MR) is 52.4 cm³/mol. The lowest BCUT2D eigenvalue weighted by molar-refractivity contribution is 0.193. The largest absolute Gasteiger partial charge is 0.351 e. The summed E-state index contributed by atoms with van der Waals surface area (Å²) < 4.78 is 0. The maximum absolute atomic E-state index is 10.9. The number of primary amides is 1. The van der Waals surface area contributed by atoms with Crippen molar-refractivity contribution in [2.75, 3.05) is 26.2 Å². The highest BCUT2D eigenvalue weighted by atomic mass is 16.2. The van der Waals surface area contributed by atoms with Gasteiger partial charge in [-0.15, -0.1) is 0 Å². The standard InChI is InChI=1S/C9H19N3O/c1-2-12(9(10)13)7-8-4-3-5-11-6-8/h8,11H,2-7H2,1H3,(H2,10,13). The smallest absolute Gasteiger partial charge is 0.314 e. The Morgan fingerprint density at radius 2 is 2.46 bits per heavy atom. The molecule has 1 unspecified atom stereocenters. The van der Waals surface area contributed by atoms with Gasteiger partial charge in [-0.25, -0.2) is 4.79 Å². The van der Waals surface area contributed by atoms with Crippen molar-refractivity contribution in [3.05, 3.63) is 0 Å². The highest BCUT2D eigenvalue weighted by molar-refractivity contribution is 5.71. The molecule has 1 aliphatic heterocycles. The van der Waals surface area contributed by atoms with E-state index in [1.807, 2.05) is 6.92 Å². The highest BCUT2D eigenvalue weighted by Gasteiger charge is 2.17. The Bertz CT molecular complexity index is 166. The van der Waals surface area contributed by atoms with Crippen LogP contribution in [0.4, 0.5) is 4.79 Å². The lowest BCUT2D eigenvalue weighted by atomic mass is 9.99. The molecule has 3 N–H and O–H groups in total. The summed E-state index contributed by atoms with van der Waals surface area (Å²) in [7, 11) is 0. The first-order valence-electron chi connectivity index (χ1n) is 4.99. The Hall–Kier alpha value is -0.770. The molecule has 1 heterocycles. The number of piperidine rings is 1. The van der Waals surface area contributed by atoms with Crippen molar-refractivity contribution < 1.29 is 4.79 Å². The maximum Gasteiger partial charge on any atom is 0.314 e. The fraction of sp³-hybridized carbons (Fsp3) is 0.889. The summed E-state index contributed by atoms with van der Waals surface area (Å²) in [5.41, 5.74) is 5.23. The van der Waals surface area contributed by atoms with E-state index in [1.54, 1.807) is 4.90 Å². The highest BCUT2D eigenvalue weighted by Crippen LogP contribution is 2.11. The van der Waals surface area contributed by atoms with Crippen molar-refractivity contribution >= 4 is 6.03 Å². The molecule has 1 atom stereocenters. The first-order valence-corrected chi connectivity index (χ1v) is 4.99. The van der Waals surface area contributed by atoms with Gasteiger partial charge < -0.3 is 16.0 Å². The molecule has 1 aliphatic rings. The zero-order valence-electron chi connectivity index (χ0n) is 8.25. The van der Waals surface area contributed by atoms with Crippen molar-refractivity contribution in [1.29, 1.82) is 0 Å². The van der Waals surface area contributed by atoms with Crippen LogP contribution in [-0.4, -0.2) is 37.1 Å². The third kappa shape index (κ3) is 3.22. The van der Waals surface area contributed by atoms with Crippen LogP contribution in [-0.2, 0) is 0 Å². The van der Waals surface area contributed by atoms with Crippen LogP contribution < -0.4 is 11.1 Å². The van der Waals surface area contributed by atoms with Crippen molar-refractivity contribution in [2.45, 2.75) is 19.8 Å². The lowest BCUT2D eigenvalue weighted by Gasteiger charge is -2.28. The molecule has 4 heteroatoms. The van der Waals surface area contributed by atoms with Crippen LogP contribution in [0.15, 0.2) is 0 Å². The number of nitrogens with one attached hydrogen (secondary N) is 1. The van der Waals surface area contributed by atoms with E-state index in [-0.39, 0.29) is 6.03 Å². The SMILES string of the molecule is CCN(CC1CCCNC1)C(N)=O. The van der Waals surface area contributed by atoms with E-state index in [0.29, 0.717) is 12.5 Å². The molecule has 4 nitrogen and oxygen atoms in total. The number of hydrogen-bond donors (Lipinski definition) is 2. The van der Waals surface area contributed by atoms with Crippen LogP contribution in [0.2, 0.25) is 0 Å². The number of amides is 2. The van der Waals surface area contributed by atoms with Gasteiger partial charge in [-0.05, 0) is 38.8 Å². The van der Waals surface area contributed by atoms with E-state index in [4.69, 9.17) is 5.73 Å². The van der Waals surface area contributed by atoms with Gasteiger partial charge >= 0.3 is 6.03 Å². The Morgan fingerprint density at radius 3 is 2.92 bits per heavy atom. The average molecular weight is 185 g/mol. The molecule has 0 spiro atoms. The van der Waals surface area contributed by atoms with Crippen LogP contribution >= 0.6 is 0 Å². The average Bonchev–Trinajstić information content (AvgIpc) is 2.15. The van der Waals surface area contributed by atoms with Crippen molar-refractivity contribution in [2.24, 2.45) is 11.7 Å². The normalized spacial score (nSPS) is 22.7. The maximum atomic E-state index is 10.9. The minimum atomic E-state index is -0.298. The number of hydrogen-bond acceptors (Lipinski definition) is 2. The Morgan fingerprint density at radius 1 is 1.69 bits per heavy atom. The van der Waals surface area contributed by atoms with Gasteiger partial charge in [0, 0.05) is 13.1 Å². The number of nitrogens with zero attached hydrogens (tertiary/aromatic N) is 1. The zero-order chi connectivity index (χ0) is 9.68. The first-order chi connectivity index (χ1) is 6.24. The second-order valence-corrected chi connectivity index (χ2v) is 3.59. The van der Waals surface area contributed by atoms with Crippen LogP contribution in [0.25, 0.3) is 0 Å². The lowest BCUT2D eigenvalue weighted by Crippen LogP contribution is -2.43. The Labute approximate surface area is 79.5 Å². The van der Waals surface area contributed by atoms with E-state index in [2.05, 4.69) is 5.32 Å². The molecule has 0 aromatic heterocycles. The molecular formula is C9H19N3O. The van der Waals surface area contributed by atoms with Crippen LogP contribution in [0.1, 0.15) is 19.8 Å². The van der Waals surface area contributed by atoms with Gasteiger partial charge in [0.25, 0.3) is 0 Å². The van der Waals surface area contributed by atoms with E-state index in [9.17, 15) is 4.79 Å². The molecule has 13 heavy (non-hydrogen) atoms. The minimum absolute atomic E-state index is 0.298. The molecule has 0 aliphatic carbocycles. The zero-order valence-corrected chi connectivity index (χ0v) is 8.25. The van der Waals surface area contributed by atoms with Crippen molar-refractivity contribution in [1.82, 2.24) is 10.2 Å². The summed E-state index contributed by atoms with van der Waals surface area (Å²) in [5.74, 6) is 0.584. The fourth-order valence-electron chi connectivity index (χ4n) is 1.77. The summed E-state index contributed by atoms with van der Waals surface area (Å²) in [6, 6.07) is -0.298. The van der Waals surface area contributed by atoms with E-state index in [0.717, 1.165) is 19.6 Å². The summed E-state index contributed by atoms with van der Waals surface area (Å²) in [4.78, 5) is 12.6. The van der Waals surface area contributed by atoms with Gasteiger partial charge in [-0.2, -0.15) is 0 Å². The van der Waals surface area contributed by atoms with Gasteiger partial charge in [-0.1, -0.05) is 0 Å². The predicted octanol–water partition coefficient (Wildman–Crippen LogP) is 0.387. The monoisotopic (exact) mass is 185 g/mol. The Kier molecular flexibility index (Phi) is 4.02. The molecule has 76 valence electrons. The van der Waals surface area contributed by atoms with Gasteiger partial charge in [-0.3, -0.25) is 0 Å². The third-order valence-corrected chi connectivity index (χ3v) is 2.57. The molecule has 0 saturated carbocycles. The first kappa shape index (κ1) is 10.3. The number of rotatable bonds is 3. The second-order valence-electron chi connectivity index (χ2n) is 3.59. The van der Waals surface area contributed by atoms with E-state index in [1.165, 1.54) is 12.8 Å². The molecule has 0 bridgehead atoms. The van der Waals surface area contributed by atoms with Crippen molar-refractivity contribution in [3.8, 4) is 0 Å². The minimum Gasteiger partial charge on any atom is -0.351 e. The molecular weight excluding hydrogens is 166 g/mol. The topological polar surface area (TPSA) is 58.4 Å². The van der Waals surface area contributed by atoms with Crippen molar-refractivity contribution in [3.63, 3.8) is 0 Å². The third-order valence-electron chi connectivity index (χ3n) is 2.57. The van der Waals surface area contributed by atoms with E-state index < -0.39 is 0 Å². The molecule has 0 aromatic rings. The van der Waals surface area contributed by atoms with E-state index >= 15 is 0 Å². The molecule has 0 aromatic carbocycles. The molecule has 1 saturated heterocycles. The van der Waals surface area contributed by atoms with Gasteiger partial charge in [0.05, 0.1) is 0 Å². The van der Waals surface area contributed by atoms with Crippen LogP contribution in [0, 0.1) is 5.92 Å². The quantitative estimate of drug-likeness (QED) is 0.668. The van der Waals surface area contributed by atoms with Gasteiger partial charge in [0.15, 0.2) is 0 Å². The summed E-state index contributed by atoms with van der Waals surface area (Å²) in [5, 5.41) is 3.32. The second kappa shape index (κ2) is 5.07.